The van der Waals surface area contributed by atoms with E-state index in [0.717, 1.165) is 18.7 Å². The van der Waals surface area contributed by atoms with E-state index in [9.17, 15) is 9.50 Å². The second kappa shape index (κ2) is 5.49. The van der Waals surface area contributed by atoms with Crippen LogP contribution in [0.4, 0.5) is 15.8 Å². The summed E-state index contributed by atoms with van der Waals surface area (Å²) in [5.41, 5.74) is 3.53. The average Bonchev–Trinajstić information content (AvgIpc) is 2.46. The molecule has 1 heterocycles. The molecule has 0 saturated heterocycles. The van der Waals surface area contributed by atoms with Gasteiger partial charge in [-0.05, 0) is 48.6 Å². The normalized spacial score (nSPS) is 19.2. The van der Waals surface area contributed by atoms with Gasteiger partial charge in [-0.3, -0.25) is 0 Å². The van der Waals surface area contributed by atoms with Gasteiger partial charge in [0.1, 0.15) is 5.82 Å². The molecule has 2 atom stereocenters. The summed E-state index contributed by atoms with van der Waals surface area (Å²) < 4.78 is 14.5. The Kier molecular flexibility index (Phi) is 3.68. The van der Waals surface area contributed by atoms with Crippen LogP contribution in [0.25, 0.3) is 0 Å². The first-order valence-corrected chi connectivity index (χ1v) is 7.39. The number of nitrogens with zero attached hydrogens (tertiary/aromatic N) is 1. The van der Waals surface area contributed by atoms with Crippen molar-refractivity contribution < 1.29 is 9.50 Å². The molecule has 0 saturated carbocycles. The molecule has 3 heteroatoms. The van der Waals surface area contributed by atoms with Crippen LogP contribution in [0.2, 0.25) is 0 Å². The van der Waals surface area contributed by atoms with Gasteiger partial charge in [0.2, 0.25) is 0 Å². The Bertz CT molecular complexity index is 653. The van der Waals surface area contributed by atoms with Crippen molar-refractivity contribution in [1.82, 2.24) is 0 Å². The fraction of sp³-hybridized carbons (Fsp3) is 0.333. The molecular weight excluding hydrogens is 265 g/mol. The summed E-state index contributed by atoms with van der Waals surface area (Å²) in [7, 11) is 0. The van der Waals surface area contributed by atoms with Gasteiger partial charge in [0.25, 0.3) is 0 Å². The molecule has 0 spiro atoms. The van der Waals surface area contributed by atoms with Crippen LogP contribution >= 0.6 is 0 Å². The minimum Gasteiger partial charge on any atom is -0.389 e. The Morgan fingerprint density at radius 3 is 2.67 bits per heavy atom. The largest absolute Gasteiger partial charge is 0.389 e. The van der Waals surface area contributed by atoms with E-state index in [2.05, 4.69) is 13.0 Å². The molecule has 2 unspecified atom stereocenters. The molecule has 1 aliphatic heterocycles. The number of hydrogen-bond acceptors (Lipinski definition) is 2. The highest BCUT2D eigenvalue weighted by Crippen LogP contribution is 2.37. The number of benzene rings is 2. The molecule has 2 aromatic carbocycles. The third kappa shape index (κ3) is 2.66. The highest BCUT2D eigenvalue weighted by molar-refractivity contribution is 5.68. The van der Waals surface area contributed by atoms with Gasteiger partial charge in [-0.15, -0.1) is 0 Å². The molecule has 0 fully saturated rings. The zero-order valence-electron chi connectivity index (χ0n) is 12.4. The average molecular weight is 285 g/mol. The zero-order chi connectivity index (χ0) is 15.0. The Labute approximate surface area is 124 Å². The second-order valence-corrected chi connectivity index (χ2v) is 5.94. The third-order valence-electron chi connectivity index (χ3n) is 4.09. The summed E-state index contributed by atoms with van der Waals surface area (Å²) in [4.78, 5) is 2.05. The van der Waals surface area contributed by atoms with Crippen LogP contribution in [0.15, 0.2) is 42.5 Å². The maximum absolute atomic E-state index is 14.5. The first-order valence-electron chi connectivity index (χ1n) is 7.39. The van der Waals surface area contributed by atoms with E-state index in [0.29, 0.717) is 17.2 Å². The molecule has 3 rings (SSSR count). The summed E-state index contributed by atoms with van der Waals surface area (Å²) in [5.74, 6) is 0.202. The van der Waals surface area contributed by atoms with Gasteiger partial charge in [0.15, 0.2) is 0 Å². The lowest BCUT2D eigenvalue weighted by atomic mass is 9.93. The summed E-state index contributed by atoms with van der Waals surface area (Å²) in [6.45, 7) is 4.64. The standard InChI is InChI=1S/C18H20FNO/c1-12-9-15-5-3-4-6-17(15)20(11-12)18-8-7-14(13(2)21)10-16(18)19/h3-8,10,12-13,21H,9,11H2,1-2H3. The predicted octanol–water partition coefficient (Wildman–Crippen LogP) is 4.21. The lowest BCUT2D eigenvalue weighted by Crippen LogP contribution is -2.31. The number of anilines is 2. The first kappa shape index (κ1) is 14.1. The molecule has 21 heavy (non-hydrogen) atoms. The Balaban J connectivity index is 2.04. The van der Waals surface area contributed by atoms with E-state index in [1.165, 1.54) is 11.6 Å². The molecule has 2 aromatic rings. The molecule has 0 radical (unpaired) electrons. The van der Waals surface area contributed by atoms with Crippen molar-refractivity contribution in [2.75, 3.05) is 11.4 Å². The fourth-order valence-corrected chi connectivity index (χ4v) is 3.03. The lowest BCUT2D eigenvalue weighted by Gasteiger charge is -2.35. The van der Waals surface area contributed by atoms with E-state index in [1.807, 2.05) is 23.1 Å². The summed E-state index contributed by atoms with van der Waals surface area (Å²) in [6, 6.07) is 13.2. The third-order valence-corrected chi connectivity index (χ3v) is 4.09. The number of rotatable bonds is 2. The molecule has 0 aromatic heterocycles. The second-order valence-electron chi connectivity index (χ2n) is 5.94. The van der Waals surface area contributed by atoms with Crippen molar-refractivity contribution in [3.8, 4) is 0 Å². The van der Waals surface area contributed by atoms with E-state index < -0.39 is 6.10 Å². The minimum atomic E-state index is -0.652. The molecule has 2 nitrogen and oxygen atoms in total. The molecule has 110 valence electrons. The molecule has 0 aliphatic carbocycles. The Morgan fingerprint density at radius 1 is 1.19 bits per heavy atom. The van der Waals surface area contributed by atoms with Crippen molar-refractivity contribution in [1.29, 1.82) is 0 Å². The Hall–Kier alpha value is -1.87. The number of aliphatic hydroxyl groups excluding tert-OH is 1. The first-order chi connectivity index (χ1) is 10.1. The van der Waals surface area contributed by atoms with E-state index in [-0.39, 0.29) is 5.82 Å². The smallest absolute Gasteiger partial charge is 0.147 e. The fourth-order valence-electron chi connectivity index (χ4n) is 3.03. The number of hydrogen-bond donors (Lipinski definition) is 1. The maximum Gasteiger partial charge on any atom is 0.147 e. The van der Waals surface area contributed by atoms with Crippen LogP contribution in [0.1, 0.15) is 31.1 Å². The minimum absolute atomic E-state index is 0.280. The van der Waals surface area contributed by atoms with Gasteiger partial charge >= 0.3 is 0 Å². The highest BCUT2D eigenvalue weighted by Gasteiger charge is 2.24. The Morgan fingerprint density at radius 2 is 1.95 bits per heavy atom. The van der Waals surface area contributed by atoms with Crippen LogP contribution < -0.4 is 4.90 Å². The molecule has 0 bridgehead atoms. The van der Waals surface area contributed by atoms with Crippen molar-refractivity contribution in [2.45, 2.75) is 26.4 Å². The number of halogens is 1. The van der Waals surface area contributed by atoms with Crippen molar-refractivity contribution >= 4 is 11.4 Å². The number of para-hydroxylation sites is 1. The molecule has 1 aliphatic rings. The van der Waals surface area contributed by atoms with E-state index in [1.54, 1.807) is 19.1 Å². The van der Waals surface area contributed by atoms with Crippen LogP contribution in [0.3, 0.4) is 0 Å². The van der Waals surface area contributed by atoms with Crippen LogP contribution in [-0.4, -0.2) is 11.7 Å². The van der Waals surface area contributed by atoms with Gasteiger partial charge in [-0.1, -0.05) is 31.2 Å². The van der Waals surface area contributed by atoms with Crippen molar-refractivity contribution in [3.63, 3.8) is 0 Å². The van der Waals surface area contributed by atoms with Crippen LogP contribution in [0.5, 0.6) is 0 Å². The summed E-state index contributed by atoms with van der Waals surface area (Å²) in [6.07, 6.45) is 0.376. The van der Waals surface area contributed by atoms with Gasteiger partial charge in [-0.25, -0.2) is 4.39 Å². The molecule has 1 N–H and O–H groups in total. The van der Waals surface area contributed by atoms with Gasteiger partial charge in [0, 0.05) is 12.2 Å². The van der Waals surface area contributed by atoms with Crippen LogP contribution in [-0.2, 0) is 6.42 Å². The lowest BCUT2D eigenvalue weighted by molar-refractivity contribution is 0.199. The van der Waals surface area contributed by atoms with Crippen molar-refractivity contribution in [2.24, 2.45) is 5.92 Å². The molecular formula is C18H20FNO. The number of fused-ring (bicyclic) bond motifs is 1. The summed E-state index contributed by atoms with van der Waals surface area (Å²) in [5, 5.41) is 9.57. The molecule has 0 amide bonds. The quantitative estimate of drug-likeness (QED) is 0.893. The van der Waals surface area contributed by atoms with E-state index in [4.69, 9.17) is 0 Å². The van der Waals surface area contributed by atoms with E-state index >= 15 is 0 Å². The van der Waals surface area contributed by atoms with Gasteiger partial charge < -0.3 is 10.0 Å². The van der Waals surface area contributed by atoms with Crippen molar-refractivity contribution in [3.05, 3.63) is 59.4 Å². The summed E-state index contributed by atoms with van der Waals surface area (Å²) >= 11 is 0. The zero-order valence-corrected chi connectivity index (χ0v) is 12.4. The van der Waals surface area contributed by atoms with Gasteiger partial charge in [-0.2, -0.15) is 0 Å². The number of aliphatic hydroxyl groups is 1. The van der Waals surface area contributed by atoms with Gasteiger partial charge in [0.05, 0.1) is 11.8 Å². The topological polar surface area (TPSA) is 23.5 Å². The SMILES string of the molecule is CC1Cc2ccccc2N(c2ccc(C(C)O)cc2F)C1. The predicted molar refractivity (Wildman–Crippen MR) is 83.3 cm³/mol. The van der Waals surface area contributed by atoms with Crippen LogP contribution in [0, 0.1) is 11.7 Å². The monoisotopic (exact) mass is 285 g/mol. The highest BCUT2D eigenvalue weighted by atomic mass is 19.1. The maximum atomic E-state index is 14.5.